The zero-order valence-corrected chi connectivity index (χ0v) is 14.0. The molecule has 3 heterocycles. The highest BCUT2D eigenvalue weighted by molar-refractivity contribution is 7.18. The van der Waals surface area contributed by atoms with Crippen molar-refractivity contribution >= 4 is 33.3 Å². The molecule has 0 radical (unpaired) electrons. The largest absolute Gasteiger partial charge is 0.360 e. The molecule has 4 rings (SSSR count). The van der Waals surface area contributed by atoms with Gasteiger partial charge in [0, 0.05) is 23.9 Å². The van der Waals surface area contributed by atoms with Crippen LogP contribution < -0.4 is 10.9 Å². The molecule has 124 valence electrons. The molecule has 1 amide bonds. The third-order valence-electron chi connectivity index (χ3n) is 4.17. The van der Waals surface area contributed by atoms with Gasteiger partial charge in [0.15, 0.2) is 5.82 Å². The van der Waals surface area contributed by atoms with Crippen LogP contribution in [0.25, 0.3) is 10.2 Å². The molecule has 1 aliphatic rings. The molecule has 3 aromatic heterocycles. The SMILES string of the molecule is Cc1cc(NC(=O)CCn2cnc3sc4c(c3c2=O)CCC4)no1. The maximum absolute atomic E-state index is 12.7. The third kappa shape index (κ3) is 2.62. The molecule has 0 spiro atoms. The first kappa shape index (κ1) is 15.1. The van der Waals surface area contributed by atoms with Crippen molar-refractivity contribution in [1.82, 2.24) is 14.7 Å². The van der Waals surface area contributed by atoms with Crippen LogP contribution in [0.4, 0.5) is 5.82 Å². The first-order valence-corrected chi connectivity index (χ1v) is 8.66. The van der Waals surface area contributed by atoms with Crippen molar-refractivity contribution in [1.29, 1.82) is 0 Å². The fourth-order valence-corrected chi connectivity index (χ4v) is 4.25. The Balaban J connectivity index is 1.51. The van der Waals surface area contributed by atoms with Crippen LogP contribution in [0, 0.1) is 6.92 Å². The monoisotopic (exact) mass is 344 g/mol. The molecule has 0 saturated carbocycles. The minimum atomic E-state index is -0.217. The minimum absolute atomic E-state index is 0.0514. The van der Waals surface area contributed by atoms with Crippen LogP contribution in [0.15, 0.2) is 21.7 Å². The molecule has 0 aliphatic heterocycles. The number of thiophene rings is 1. The molecule has 1 N–H and O–H groups in total. The molecule has 0 atom stereocenters. The molecule has 7 nitrogen and oxygen atoms in total. The van der Waals surface area contributed by atoms with Gasteiger partial charge >= 0.3 is 0 Å². The Bertz CT molecular complexity index is 985. The Labute approximate surface area is 141 Å². The van der Waals surface area contributed by atoms with E-state index in [0.717, 1.165) is 35.0 Å². The smallest absolute Gasteiger partial charge is 0.262 e. The normalized spacial score (nSPS) is 13.4. The summed E-state index contributed by atoms with van der Waals surface area (Å²) in [7, 11) is 0. The highest BCUT2D eigenvalue weighted by atomic mass is 32.1. The van der Waals surface area contributed by atoms with Crippen LogP contribution in [-0.2, 0) is 24.2 Å². The first-order valence-electron chi connectivity index (χ1n) is 7.84. The maximum Gasteiger partial charge on any atom is 0.262 e. The van der Waals surface area contributed by atoms with Crippen molar-refractivity contribution in [3.05, 3.63) is 38.9 Å². The second-order valence-corrected chi connectivity index (χ2v) is 6.99. The molecular formula is C16H16N4O3S. The average Bonchev–Trinajstić information content (AvgIpc) is 3.22. The second kappa shape index (κ2) is 5.86. The maximum atomic E-state index is 12.7. The molecule has 24 heavy (non-hydrogen) atoms. The summed E-state index contributed by atoms with van der Waals surface area (Å²) in [5, 5.41) is 7.10. The zero-order valence-electron chi connectivity index (χ0n) is 13.2. The predicted molar refractivity (Wildman–Crippen MR) is 90.4 cm³/mol. The van der Waals surface area contributed by atoms with Gasteiger partial charge < -0.3 is 9.84 Å². The van der Waals surface area contributed by atoms with E-state index in [1.165, 1.54) is 15.8 Å². The lowest BCUT2D eigenvalue weighted by Crippen LogP contribution is -2.23. The van der Waals surface area contributed by atoms with Gasteiger partial charge in [0.05, 0.1) is 11.7 Å². The topological polar surface area (TPSA) is 90.0 Å². The number of rotatable bonds is 4. The quantitative estimate of drug-likeness (QED) is 0.784. The third-order valence-corrected chi connectivity index (χ3v) is 5.37. The lowest BCUT2D eigenvalue weighted by Gasteiger charge is -2.05. The van der Waals surface area contributed by atoms with E-state index in [1.54, 1.807) is 24.3 Å². The molecule has 0 saturated heterocycles. The number of aromatic nitrogens is 3. The number of nitrogens with zero attached hydrogens (tertiary/aromatic N) is 3. The summed E-state index contributed by atoms with van der Waals surface area (Å²) in [4.78, 5) is 31.2. The summed E-state index contributed by atoms with van der Waals surface area (Å²) in [6.07, 6.45) is 4.79. The lowest BCUT2D eigenvalue weighted by atomic mass is 10.2. The number of amides is 1. The molecule has 8 heteroatoms. The van der Waals surface area contributed by atoms with Crippen LogP contribution in [-0.4, -0.2) is 20.6 Å². The van der Waals surface area contributed by atoms with Gasteiger partial charge in [-0.1, -0.05) is 5.16 Å². The fraction of sp³-hybridized carbons (Fsp3) is 0.375. The molecule has 0 unspecified atom stereocenters. The van der Waals surface area contributed by atoms with E-state index >= 15 is 0 Å². The second-order valence-electron chi connectivity index (χ2n) is 5.90. The van der Waals surface area contributed by atoms with E-state index in [-0.39, 0.29) is 24.4 Å². The molecule has 3 aromatic rings. The van der Waals surface area contributed by atoms with Gasteiger partial charge in [0.2, 0.25) is 5.91 Å². The Kier molecular flexibility index (Phi) is 3.68. The highest BCUT2D eigenvalue weighted by Crippen LogP contribution is 2.34. The number of hydrogen-bond donors (Lipinski definition) is 1. The van der Waals surface area contributed by atoms with E-state index in [4.69, 9.17) is 4.52 Å². The Morgan fingerprint density at radius 2 is 2.33 bits per heavy atom. The number of aryl methyl sites for hydroxylation is 4. The highest BCUT2D eigenvalue weighted by Gasteiger charge is 2.21. The van der Waals surface area contributed by atoms with Crippen molar-refractivity contribution in [2.75, 3.05) is 5.32 Å². The van der Waals surface area contributed by atoms with E-state index in [9.17, 15) is 9.59 Å². The number of hydrogen-bond acceptors (Lipinski definition) is 6. The van der Waals surface area contributed by atoms with Gasteiger partial charge in [-0.25, -0.2) is 4.98 Å². The van der Waals surface area contributed by atoms with E-state index in [2.05, 4.69) is 15.5 Å². The molecule has 0 bridgehead atoms. The Hall–Kier alpha value is -2.48. The standard InChI is InChI=1S/C16H16N4O3S/c1-9-7-12(19-23-9)18-13(21)5-6-20-8-17-15-14(16(20)22)10-3-2-4-11(10)24-15/h7-8H,2-6H2,1H3,(H,18,19,21). The van der Waals surface area contributed by atoms with Crippen molar-refractivity contribution in [3.63, 3.8) is 0 Å². The zero-order chi connectivity index (χ0) is 16.7. The van der Waals surface area contributed by atoms with Crippen molar-refractivity contribution in [2.45, 2.75) is 39.2 Å². The van der Waals surface area contributed by atoms with Crippen LogP contribution in [0.3, 0.4) is 0 Å². The summed E-state index contributed by atoms with van der Waals surface area (Å²) in [6.45, 7) is 2.04. The van der Waals surface area contributed by atoms with E-state index in [0.29, 0.717) is 11.6 Å². The minimum Gasteiger partial charge on any atom is -0.360 e. The summed E-state index contributed by atoms with van der Waals surface area (Å²) in [6, 6.07) is 1.65. The average molecular weight is 344 g/mol. The summed E-state index contributed by atoms with van der Waals surface area (Å²) >= 11 is 1.62. The predicted octanol–water partition coefficient (Wildman–Crippen LogP) is 2.27. The Morgan fingerprint density at radius 1 is 1.46 bits per heavy atom. The van der Waals surface area contributed by atoms with E-state index in [1.807, 2.05) is 0 Å². The fourth-order valence-electron chi connectivity index (χ4n) is 3.03. The van der Waals surface area contributed by atoms with Crippen molar-refractivity contribution < 1.29 is 9.32 Å². The van der Waals surface area contributed by atoms with Crippen LogP contribution >= 0.6 is 11.3 Å². The molecule has 0 aromatic carbocycles. The number of carbonyl (C=O) groups is 1. The summed E-state index contributed by atoms with van der Waals surface area (Å²) in [5.41, 5.74) is 1.11. The van der Waals surface area contributed by atoms with Gasteiger partial charge in [0.25, 0.3) is 5.56 Å². The molecular weight excluding hydrogens is 328 g/mol. The van der Waals surface area contributed by atoms with Crippen LogP contribution in [0.5, 0.6) is 0 Å². The molecule has 0 fully saturated rings. The number of nitrogens with one attached hydrogen (secondary N) is 1. The van der Waals surface area contributed by atoms with Gasteiger partial charge in [-0.2, -0.15) is 0 Å². The van der Waals surface area contributed by atoms with Crippen LogP contribution in [0.1, 0.15) is 29.0 Å². The number of anilines is 1. The van der Waals surface area contributed by atoms with Gasteiger partial charge in [-0.3, -0.25) is 14.2 Å². The van der Waals surface area contributed by atoms with Crippen LogP contribution in [0.2, 0.25) is 0 Å². The van der Waals surface area contributed by atoms with E-state index < -0.39 is 0 Å². The van der Waals surface area contributed by atoms with Gasteiger partial charge in [0.1, 0.15) is 10.6 Å². The number of fused-ring (bicyclic) bond motifs is 3. The number of carbonyl (C=O) groups excluding carboxylic acids is 1. The van der Waals surface area contributed by atoms with Crippen molar-refractivity contribution in [3.8, 4) is 0 Å². The molecule has 1 aliphatic carbocycles. The first-order chi connectivity index (χ1) is 11.6. The summed E-state index contributed by atoms with van der Waals surface area (Å²) < 4.78 is 6.42. The van der Waals surface area contributed by atoms with Gasteiger partial charge in [-0.05, 0) is 31.7 Å². The Morgan fingerprint density at radius 3 is 3.12 bits per heavy atom. The summed E-state index contributed by atoms with van der Waals surface area (Å²) in [5.74, 6) is 0.794. The van der Waals surface area contributed by atoms with Crippen molar-refractivity contribution in [2.24, 2.45) is 0 Å². The lowest BCUT2D eigenvalue weighted by molar-refractivity contribution is -0.116. The van der Waals surface area contributed by atoms with Gasteiger partial charge in [-0.15, -0.1) is 11.3 Å².